The second-order valence-electron chi connectivity index (χ2n) is 7.25. The van der Waals surface area contributed by atoms with Gasteiger partial charge < -0.3 is 9.47 Å². The number of para-hydroxylation sites is 1. The second kappa shape index (κ2) is 9.27. The van der Waals surface area contributed by atoms with E-state index in [1.165, 1.54) is 0 Å². The maximum Gasteiger partial charge on any atom is 0.479 e. The van der Waals surface area contributed by atoms with Crippen LogP contribution >= 0.6 is 7.82 Å². The van der Waals surface area contributed by atoms with Crippen molar-refractivity contribution >= 4 is 18.7 Å². The minimum absolute atomic E-state index is 0.0196. The first kappa shape index (κ1) is 24.7. The molecule has 0 fully saturated rings. The van der Waals surface area contributed by atoms with Gasteiger partial charge in [-0.3, -0.25) is 9.05 Å². The number of aromatic amines is 1. The third-order valence-corrected chi connectivity index (χ3v) is 5.32. The van der Waals surface area contributed by atoms with E-state index in [9.17, 15) is 30.9 Å². The van der Waals surface area contributed by atoms with Gasteiger partial charge in [-0.2, -0.15) is 26.3 Å². The van der Waals surface area contributed by atoms with Gasteiger partial charge in [-0.1, -0.05) is 18.2 Å². The number of quaternary nitrogens is 1. The van der Waals surface area contributed by atoms with Crippen molar-refractivity contribution in [3.05, 3.63) is 36.0 Å². The minimum atomic E-state index is -5.09. The summed E-state index contributed by atoms with van der Waals surface area (Å²) in [4.78, 5) is 3.11. The zero-order valence-electron chi connectivity index (χ0n) is 16.2. The number of nitrogens with zero attached hydrogens (tertiary/aromatic N) is 1. The van der Waals surface area contributed by atoms with Gasteiger partial charge in [0.05, 0.1) is 20.6 Å². The molecule has 170 valence electrons. The summed E-state index contributed by atoms with van der Waals surface area (Å²) >= 11 is 0. The topological polar surface area (TPSA) is 60.6 Å². The van der Waals surface area contributed by atoms with Gasteiger partial charge in [-0.15, -0.1) is 0 Å². The van der Waals surface area contributed by atoms with Crippen molar-refractivity contribution in [3.63, 3.8) is 0 Å². The quantitative estimate of drug-likeness (QED) is 0.233. The van der Waals surface area contributed by atoms with E-state index in [0.29, 0.717) is 13.0 Å². The second-order valence-corrected chi connectivity index (χ2v) is 8.92. The van der Waals surface area contributed by atoms with E-state index >= 15 is 0 Å². The zero-order valence-corrected chi connectivity index (χ0v) is 17.1. The monoisotopic (exact) mass is 463 g/mol. The van der Waals surface area contributed by atoms with Gasteiger partial charge >= 0.3 is 20.2 Å². The van der Waals surface area contributed by atoms with Crippen molar-refractivity contribution in [1.29, 1.82) is 0 Å². The Bertz CT molecular complexity index is 859. The van der Waals surface area contributed by atoms with Gasteiger partial charge in [0.15, 0.2) is 19.9 Å². The highest BCUT2D eigenvalue weighted by atomic mass is 31.2. The maximum atomic E-state index is 12.4. The van der Waals surface area contributed by atoms with Crippen LogP contribution in [0.25, 0.3) is 10.9 Å². The van der Waals surface area contributed by atoms with Crippen LogP contribution in [0.4, 0.5) is 26.3 Å². The van der Waals surface area contributed by atoms with E-state index in [2.05, 4.69) is 14.0 Å². The molecule has 1 heterocycles. The Kier molecular flexibility index (Phi) is 7.63. The van der Waals surface area contributed by atoms with Gasteiger partial charge in [-0.05, 0) is 11.6 Å². The Morgan fingerprint density at radius 1 is 0.967 bits per heavy atom. The number of H-pyrrole nitrogens is 1. The van der Waals surface area contributed by atoms with Crippen LogP contribution in [0.5, 0.6) is 0 Å². The molecule has 6 nitrogen and oxygen atoms in total. The molecule has 0 aliphatic rings. The number of phosphoric ester groups is 1. The highest BCUT2D eigenvalue weighted by molar-refractivity contribution is 7.48. The largest absolute Gasteiger partial charge is 0.479 e. The Balaban J connectivity index is 1.99. The number of alkyl halides is 6. The van der Waals surface area contributed by atoms with E-state index in [-0.39, 0.29) is 4.48 Å². The van der Waals surface area contributed by atoms with Crippen LogP contribution in [-0.2, 0) is 24.6 Å². The van der Waals surface area contributed by atoms with Crippen LogP contribution in [0.1, 0.15) is 5.56 Å². The SMILES string of the molecule is C[N+](C)(CCc1c[nH]c2ccccc12)COP(=O)(OCC(F)(F)F)OCC(F)(F)F. The molecule has 0 amide bonds. The molecular weight excluding hydrogens is 441 g/mol. The maximum absolute atomic E-state index is 12.4. The van der Waals surface area contributed by atoms with Gasteiger partial charge in [0, 0.05) is 23.5 Å². The summed E-state index contributed by atoms with van der Waals surface area (Å²) in [7, 11) is -1.86. The van der Waals surface area contributed by atoms with Gasteiger partial charge in [0.2, 0.25) is 0 Å². The minimum Gasteiger partial charge on any atom is -0.361 e. The summed E-state index contributed by atoms with van der Waals surface area (Å²) in [5, 5.41) is 0.992. The number of halogens is 6. The molecule has 1 N–H and O–H groups in total. The lowest BCUT2D eigenvalue weighted by Gasteiger charge is -2.30. The number of rotatable bonds is 10. The van der Waals surface area contributed by atoms with E-state index in [4.69, 9.17) is 4.52 Å². The number of aromatic nitrogens is 1. The fourth-order valence-corrected chi connectivity index (χ4v) is 3.76. The smallest absolute Gasteiger partial charge is 0.361 e. The lowest BCUT2D eigenvalue weighted by molar-refractivity contribution is -0.906. The normalized spacial score (nSPS) is 13.9. The van der Waals surface area contributed by atoms with Crippen molar-refractivity contribution in [3.8, 4) is 0 Å². The molecule has 0 radical (unpaired) electrons. The average Bonchev–Trinajstić information content (AvgIpc) is 3.04. The van der Waals surface area contributed by atoms with Gasteiger partial charge in [-0.25, -0.2) is 9.09 Å². The lowest BCUT2D eigenvalue weighted by Crippen LogP contribution is -2.43. The Morgan fingerprint density at radius 3 is 2.10 bits per heavy atom. The van der Waals surface area contributed by atoms with Crippen LogP contribution in [0, 0.1) is 0 Å². The third-order valence-electron chi connectivity index (χ3n) is 4.00. The van der Waals surface area contributed by atoms with E-state index in [1.807, 2.05) is 30.5 Å². The Morgan fingerprint density at radius 2 is 1.53 bits per heavy atom. The summed E-state index contributed by atoms with van der Waals surface area (Å²) in [6.45, 7) is -4.23. The molecule has 0 saturated heterocycles. The molecule has 0 bridgehead atoms. The molecule has 1 aromatic heterocycles. The fraction of sp³-hybridized carbons (Fsp3) is 0.529. The number of nitrogens with one attached hydrogen (secondary N) is 1. The first-order valence-electron chi connectivity index (χ1n) is 8.72. The summed E-state index contributed by atoms with van der Waals surface area (Å²) in [6, 6.07) is 7.56. The van der Waals surface area contributed by atoms with Crippen molar-refractivity contribution in [2.24, 2.45) is 0 Å². The van der Waals surface area contributed by atoms with Gasteiger partial charge in [0.1, 0.15) is 0 Å². The molecule has 0 saturated carbocycles. The highest BCUT2D eigenvalue weighted by Gasteiger charge is 2.41. The number of hydrogen-bond acceptors (Lipinski definition) is 4. The first-order valence-corrected chi connectivity index (χ1v) is 10.2. The number of fused-ring (bicyclic) bond motifs is 1. The molecule has 0 aliphatic heterocycles. The predicted molar refractivity (Wildman–Crippen MR) is 96.6 cm³/mol. The number of benzene rings is 1. The molecule has 1 aromatic carbocycles. The third kappa shape index (κ3) is 8.27. The molecule has 13 heteroatoms. The van der Waals surface area contributed by atoms with Crippen LogP contribution in [0.15, 0.2) is 30.5 Å². The number of likely N-dealkylation sites (N-methyl/N-ethyl adjacent to an activating group) is 1. The van der Waals surface area contributed by atoms with Crippen LogP contribution in [-0.4, -0.2) is 62.4 Å². The molecule has 0 spiro atoms. The van der Waals surface area contributed by atoms with Crippen LogP contribution in [0.2, 0.25) is 0 Å². The van der Waals surface area contributed by atoms with Crippen molar-refractivity contribution < 1.29 is 49.0 Å². The summed E-state index contributed by atoms with van der Waals surface area (Å²) in [5.74, 6) is 0. The number of hydrogen-bond donors (Lipinski definition) is 1. The van der Waals surface area contributed by atoms with Crippen molar-refractivity contribution in [1.82, 2.24) is 4.98 Å². The van der Waals surface area contributed by atoms with E-state index in [0.717, 1.165) is 16.5 Å². The molecular formula is C17H22F6N2O4P+. The molecule has 0 atom stereocenters. The Hall–Kier alpha value is -1.59. The number of phosphoric acid groups is 1. The first-order chi connectivity index (χ1) is 13.7. The zero-order chi connectivity index (χ0) is 22.6. The fourth-order valence-electron chi connectivity index (χ4n) is 2.47. The van der Waals surface area contributed by atoms with Gasteiger partial charge in [0.25, 0.3) is 0 Å². The highest BCUT2D eigenvalue weighted by Crippen LogP contribution is 2.51. The standard InChI is InChI=1S/C17H22F6N2O4P/c1-25(2,8-7-13-9-24-15-6-4-3-5-14(13)15)12-29-30(26,27-10-16(18,19)20)28-11-17(21,22)23/h3-6,9,24H,7-8,10-12H2,1-2H3/q+1. The molecule has 0 aliphatic carbocycles. The van der Waals surface area contributed by atoms with Crippen molar-refractivity contribution in [2.45, 2.75) is 18.8 Å². The van der Waals surface area contributed by atoms with Crippen LogP contribution in [0.3, 0.4) is 0 Å². The van der Waals surface area contributed by atoms with Crippen LogP contribution < -0.4 is 0 Å². The molecule has 0 unspecified atom stereocenters. The molecule has 2 rings (SSSR count). The lowest BCUT2D eigenvalue weighted by atomic mass is 10.1. The van der Waals surface area contributed by atoms with Crippen molar-refractivity contribution in [2.75, 3.05) is 40.6 Å². The summed E-state index contributed by atoms with van der Waals surface area (Å²) < 4.78 is 99.3. The molecule has 30 heavy (non-hydrogen) atoms. The average molecular weight is 463 g/mol. The summed E-state index contributed by atoms with van der Waals surface area (Å²) in [6.07, 6.45) is -7.49. The summed E-state index contributed by atoms with van der Waals surface area (Å²) in [5.41, 5.74) is 1.90. The van der Waals surface area contributed by atoms with E-state index < -0.39 is 40.1 Å². The predicted octanol–water partition coefficient (Wildman–Crippen LogP) is 5.03. The Labute approximate surface area is 168 Å². The molecule has 2 aromatic rings. The van der Waals surface area contributed by atoms with E-state index in [1.54, 1.807) is 14.1 Å².